The lowest BCUT2D eigenvalue weighted by molar-refractivity contribution is 0.414. The second-order valence-electron chi connectivity index (χ2n) is 15.2. The molecule has 4 aromatic carbocycles. The number of halogens is 2. The number of ether oxygens (including phenoxy) is 1. The van der Waals surface area contributed by atoms with E-state index in [1.54, 1.807) is 7.11 Å². The van der Waals surface area contributed by atoms with Crippen molar-refractivity contribution in [2.45, 2.75) is 56.5 Å². The van der Waals surface area contributed by atoms with Gasteiger partial charge in [-0.05, 0) is 111 Å². The molecule has 0 radical (unpaired) electrons. The summed E-state index contributed by atoms with van der Waals surface area (Å²) in [7, 11) is 1.66. The molecule has 55 heavy (non-hydrogen) atoms. The molecule has 3 saturated heterocycles. The van der Waals surface area contributed by atoms with E-state index in [0.717, 1.165) is 113 Å². The summed E-state index contributed by atoms with van der Waals surface area (Å²) >= 11 is 0. The second kappa shape index (κ2) is 14.0. The molecular weight excluding hydrogens is 695 g/mol. The number of fused-ring (bicyclic) bond motifs is 2. The van der Waals surface area contributed by atoms with Crippen molar-refractivity contribution in [2.75, 3.05) is 38.2 Å². The van der Waals surface area contributed by atoms with E-state index in [2.05, 4.69) is 57.0 Å². The summed E-state index contributed by atoms with van der Waals surface area (Å²) < 4.78 is 39.8. The number of nitrogens with one attached hydrogen (secondary N) is 4. The summed E-state index contributed by atoms with van der Waals surface area (Å²) in [5.74, 6) is 1.91. The smallest absolute Gasteiger partial charge is 0.151 e. The second-order valence-corrected chi connectivity index (χ2v) is 15.2. The van der Waals surface area contributed by atoms with Crippen molar-refractivity contribution < 1.29 is 13.5 Å². The molecule has 0 amide bonds. The maximum atomic E-state index is 16.3. The van der Waals surface area contributed by atoms with Crippen LogP contribution in [0.15, 0.2) is 85.1 Å². The van der Waals surface area contributed by atoms with Crippen LogP contribution in [0.1, 0.15) is 73.7 Å². The summed E-state index contributed by atoms with van der Waals surface area (Å²) in [6.07, 6.45) is 7.89. The Balaban J connectivity index is 1.01. The Morgan fingerprint density at radius 2 is 1.29 bits per heavy atom. The number of aromatic nitrogens is 5. The normalized spacial score (nSPS) is 19.3. The highest BCUT2D eigenvalue weighted by Gasteiger charge is 2.27. The Labute approximate surface area is 318 Å². The van der Waals surface area contributed by atoms with Crippen LogP contribution in [0.5, 0.6) is 5.75 Å². The molecule has 3 aliphatic heterocycles. The number of methoxy groups -OCH3 is 1. The molecule has 0 spiro atoms. The third-order valence-corrected chi connectivity index (χ3v) is 11.9. The van der Waals surface area contributed by atoms with E-state index in [1.807, 2.05) is 46.0 Å². The van der Waals surface area contributed by atoms with Gasteiger partial charge < -0.3 is 34.8 Å². The molecule has 6 heterocycles. The van der Waals surface area contributed by atoms with Gasteiger partial charge in [-0.2, -0.15) is 0 Å². The number of anilines is 1. The first-order valence-corrected chi connectivity index (χ1v) is 19.6. The summed E-state index contributed by atoms with van der Waals surface area (Å²) in [6, 6.07) is 26.0. The molecule has 0 bridgehead atoms. The molecule has 3 aliphatic rings. The monoisotopic (exact) mass is 738 g/mol. The number of nitrogens with zero attached hydrogens (tertiary/aromatic N) is 4. The fourth-order valence-electron chi connectivity index (χ4n) is 9.02. The number of hydrogen-bond acceptors (Lipinski definition) is 6. The summed E-state index contributed by atoms with van der Waals surface area (Å²) in [6.45, 7) is 3.12. The number of hydrogen-bond donors (Lipinski definition) is 4. The average Bonchev–Trinajstić information content (AvgIpc) is 4.06. The third kappa shape index (κ3) is 6.25. The predicted molar refractivity (Wildman–Crippen MR) is 213 cm³/mol. The molecular formula is C44H44F2N8O. The van der Waals surface area contributed by atoms with E-state index in [0.29, 0.717) is 24.7 Å². The van der Waals surface area contributed by atoms with Gasteiger partial charge in [0.15, 0.2) is 11.6 Å². The molecule has 0 saturated carbocycles. The minimum Gasteiger partial charge on any atom is -0.497 e. The van der Waals surface area contributed by atoms with Gasteiger partial charge in [0.1, 0.15) is 23.1 Å². The Bertz CT molecular complexity index is 2480. The third-order valence-electron chi connectivity index (χ3n) is 11.9. The van der Waals surface area contributed by atoms with Crippen molar-refractivity contribution in [3.05, 3.63) is 114 Å². The van der Waals surface area contributed by atoms with E-state index < -0.39 is 11.6 Å². The minimum absolute atomic E-state index is 0.0371. The van der Waals surface area contributed by atoms with E-state index in [9.17, 15) is 0 Å². The van der Waals surface area contributed by atoms with Gasteiger partial charge in [-0.15, -0.1) is 0 Å². The molecule has 4 N–H and O–H groups in total. The van der Waals surface area contributed by atoms with Crippen LogP contribution < -0.4 is 20.3 Å². The minimum atomic E-state index is -0.566. The maximum absolute atomic E-state index is 16.3. The summed E-state index contributed by atoms with van der Waals surface area (Å²) in [5.41, 5.74) is 9.02. The van der Waals surface area contributed by atoms with Crippen LogP contribution >= 0.6 is 0 Å². The zero-order valence-corrected chi connectivity index (χ0v) is 30.8. The highest BCUT2D eigenvalue weighted by Crippen LogP contribution is 2.40. The Kier molecular flexibility index (Phi) is 8.63. The standard InChI is InChI=1S/C44H44F2N8O/c1-55-31-10-6-26(7-11-31)27-14-19-53(20-15-27)42-33(45)24-30(25-34(42)46)54-21-16-32(28-8-12-35-39(22-28)51-43(49-35)37-4-2-17-47-37)41(54)29-9-13-36-40(23-29)52-44(50-36)38-5-3-18-48-38/h6-13,16,21-25,27,37-38,47-48H,2-5,14-15,17-20H2,1H3,(H,49,51)(H,50,52)/t37-,38-/m0/s1. The lowest BCUT2D eigenvalue weighted by Gasteiger charge is -2.34. The lowest BCUT2D eigenvalue weighted by atomic mass is 9.89. The first kappa shape index (κ1) is 34.0. The number of benzene rings is 4. The van der Waals surface area contributed by atoms with Crippen molar-refractivity contribution in [3.63, 3.8) is 0 Å². The van der Waals surface area contributed by atoms with E-state index in [-0.39, 0.29) is 17.8 Å². The molecule has 280 valence electrons. The van der Waals surface area contributed by atoms with Crippen LogP contribution in [-0.2, 0) is 0 Å². The first-order chi connectivity index (χ1) is 27.0. The molecule has 10 rings (SSSR count). The van der Waals surface area contributed by atoms with Crippen LogP contribution in [0.3, 0.4) is 0 Å². The van der Waals surface area contributed by atoms with Crippen molar-refractivity contribution in [2.24, 2.45) is 0 Å². The van der Waals surface area contributed by atoms with Gasteiger partial charge in [-0.1, -0.05) is 24.3 Å². The van der Waals surface area contributed by atoms with Crippen LogP contribution in [0.2, 0.25) is 0 Å². The molecule has 3 fully saturated rings. The fourth-order valence-corrected chi connectivity index (χ4v) is 9.02. The molecule has 2 atom stereocenters. The molecule has 0 unspecified atom stereocenters. The van der Waals surface area contributed by atoms with E-state index in [1.165, 1.54) is 17.7 Å². The van der Waals surface area contributed by atoms with Crippen molar-refractivity contribution in [1.29, 1.82) is 0 Å². The fraction of sp³-hybridized carbons (Fsp3) is 0.318. The quantitative estimate of drug-likeness (QED) is 0.124. The van der Waals surface area contributed by atoms with Crippen molar-refractivity contribution >= 4 is 27.8 Å². The highest BCUT2D eigenvalue weighted by molar-refractivity contribution is 5.91. The topological polar surface area (TPSA) is 98.8 Å². The van der Waals surface area contributed by atoms with Crippen LogP contribution in [-0.4, -0.2) is 57.8 Å². The van der Waals surface area contributed by atoms with Gasteiger partial charge in [0, 0.05) is 42.5 Å². The Morgan fingerprint density at radius 3 is 1.87 bits per heavy atom. The summed E-state index contributed by atoms with van der Waals surface area (Å²) in [4.78, 5) is 18.8. The zero-order valence-electron chi connectivity index (χ0n) is 30.8. The van der Waals surface area contributed by atoms with E-state index >= 15 is 8.78 Å². The van der Waals surface area contributed by atoms with Gasteiger partial charge in [-0.25, -0.2) is 18.7 Å². The van der Waals surface area contributed by atoms with Gasteiger partial charge in [-0.3, -0.25) is 0 Å². The molecule has 11 heteroatoms. The van der Waals surface area contributed by atoms with Crippen LogP contribution in [0.25, 0.3) is 50.1 Å². The molecule has 9 nitrogen and oxygen atoms in total. The molecule has 7 aromatic rings. The van der Waals surface area contributed by atoms with Crippen molar-refractivity contribution in [1.82, 2.24) is 35.1 Å². The highest BCUT2D eigenvalue weighted by atomic mass is 19.1. The number of aromatic amines is 2. The van der Waals surface area contributed by atoms with Gasteiger partial charge in [0.05, 0.1) is 52.6 Å². The van der Waals surface area contributed by atoms with Gasteiger partial charge >= 0.3 is 0 Å². The van der Waals surface area contributed by atoms with Gasteiger partial charge in [0.2, 0.25) is 0 Å². The largest absolute Gasteiger partial charge is 0.497 e. The van der Waals surface area contributed by atoms with Crippen LogP contribution in [0, 0.1) is 11.6 Å². The Hall–Kier alpha value is -5.52. The number of piperidine rings is 1. The van der Waals surface area contributed by atoms with Gasteiger partial charge in [0.25, 0.3) is 0 Å². The lowest BCUT2D eigenvalue weighted by Crippen LogP contribution is -2.34. The Morgan fingerprint density at radius 1 is 0.691 bits per heavy atom. The van der Waals surface area contributed by atoms with E-state index in [4.69, 9.17) is 14.7 Å². The number of rotatable bonds is 8. The number of H-pyrrole nitrogens is 2. The zero-order chi connectivity index (χ0) is 37.0. The predicted octanol–water partition coefficient (Wildman–Crippen LogP) is 9.08. The molecule has 3 aromatic heterocycles. The SMILES string of the molecule is COc1ccc(C2CCN(c3c(F)cc(-n4ccc(-c5ccc6nc([C@@H]7CCCN7)[nH]c6c5)c4-c4ccc5nc([C@@H]6CCCN6)[nH]c5c4)cc3F)CC2)cc1. The first-order valence-electron chi connectivity index (χ1n) is 19.6. The molecule has 0 aliphatic carbocycles. The summed E-state index contributed by atoms with van der Waals surface area (Å²) in [5, 5.41) is 7.07. The number of imidazole rings is 2. The van der Waals surface area contributed by atoms with Crippen LogP contribution in [0.4, 0.5) is 14.5 Å². The average molecular weight is 739 g/mol. The van der Waals surface area contributed by atoms with Crippen molar-refractivity contribution in [3.8, 4) is 33.8 Å². The maximum Gasteiger partial charge on any atom is 0.151 e.